The van der Waals surface area contributed by atoms with Gasteiger partial charge in [0.1, 0.15) is 11.3 Å². The van der Waals surface area contributed by atoms with Crippen LogP contribution in [0.2, 0.25) is 5.02 Å². The molecule has 1 amide bonds. The average molecular weight is 409 g/mol. The summed E-state index contributed by atoms with van der Waals surface area (Å²) in [4.78, 5) is 25.2. The van der Waals surface area contributed by atoms with Crippen LogP contribution in [0.3, 0.4) is 0 Å². The molecule has 0 fully saturated rings. The van der Waals surface area contributed by atoms with E-state index in [1.807, 2.05) is 13.0 Å². The van der Waals surface area contributed by atoms with Crippen LogP contribution in [0.15, 0.2) is 57.5 Å². The molecule has 0 saturated heterocycles. The lowest BCUT2D eigenvalue weighted by atomic mass is 10.1. The molecule has 1 aliphatic heterocycles. The van der Waals surface area contributed by atoms with Crippen molar-refractivity contribution in [2.24, 2.45) is 10.2 Å². The van der Waals surface area contributed by atoms with Gasteiger partial charge in [-0.3, -0.25) is 9.59 Å². The molecule has 0 atom stereocenters. The largest absolute Gasteiger partial charge is 0.506 e. The quantitative estimate of drug-likeness (QED) is 0.512. The van der Waals surface area contributed by atoms with Gasteiger partial charge in [0.2, 0.25) is 0 Å². The lowest BCUT2D eigenvalue weighted by molar-refractivity contribution is -0.110. The molecule has 1 aromatic heterocycles. The number of aromatic hydroxyl groups is 1. The van der Waals surface area contributed by atoms with E-state index in [4.69, 9.17) is 11.6 Å². The lowest BCUT2D eigenvalue weighted by Crippen LogP contribution is -2.26. The third kappa shape index (κ3) is 3.09. The number of aromatic nitrogens is 1. The van der Waals surface area contributed by atoms with Crippen LogP contribution in [0, 0.1) is 0 Å². The average Bonchev–Trinajstić information content (AvgIpc) is 3.01. The molecule has 0 bridgehead atoms. The van der Waals surface area contributed by atoms with Crippen molar-refractivity contribution in [1.82, 2.24) is 4.57 Å². The van der Waals surface area contributed by atoms with Gasteiger partial charge in [0, 0.05) is 22.5 Å². The van der Waals surface area contributed by atoms with Crippen LogP contribution in [-0.2, 0) is 11.3 Å². The molecule has 0 radical (unpaired) electrons. The van der Waals surface area contributed by atoms with E-state index in [1.54, 1.807) is 47.9 Å². The second kappa shape index (κ2) is 7.18. The van der Waals surface area contributed by atoms with Crippen molar-refractivity contribution in [2.45, 2.75) is 20.4 Å². The van der Waals surface area contributed by atoms with Crippen LogP contribution >= 0.6 is 11.6 Å². The molecule has 146 valence electrons. The Kier molecular flexibility index (Phi) is 4.68. The molecule has 4 rings (SSSR count). The summed E-state index contributed by atoms with van der Waals surface area (Å²) in [5.41, 5.74) is 1.79. The first kappa shape index (κ1) is 18.9. The number of para-hydroxylation sites is 1. The normalized spacial score (nSPS) is 15.1. The number of anilines is 1. The Morgan fingerprint density at radius 1 is 1.21 bits per heavy atom. The maximum absolute atomic E-state index is 13.0. The van der Waals surface area contributed by atoms with Gasteiger partial charge in [0.05, 0.1) is 16.9 Å². The maximum Gasteiger partial charge on any atom is 0.276 e. The summed E-state index contributed by atoms with van der Waals surface area (Å²) in [6, 6.07) is 12.1. The van der Waals surface area contributed by atoms with Crippen molar-refractivity contribution in [1.29, 1.82) is 0 Å². The number of nitrogens with zero attached hydrogens (tertiary/aromatic N) is 3. The predicted molar refractivity (Wildman–Crippen MR) is 114 cm³/mol. The number of rotatable bonds is 3. The third-order valence-electron chi connectivity index (χ3n) is 4.82. The monoisotopic (exact) mass is 408 g/mol. The number of nitrogens with one attached hydrogen (secondary N) is 1. The lowest BCUT2D eigenvalue weighted by Gasteiger charge is -2.13. The second-order valence-electron chi connectivity index (χ2n) is 6.57. The molecule has 8 heteroatoms. The highest BCUT2D eigenvalue weighted by Gasteiger charge is 2.26. The van der Waals surface area contributed by atoms with Crippen LogP contribution in [-0.4, -0.2) is 27.0 Å². The maximum atomic E-state index is 13.0. The van der Waals surface area contributed by atoms with Crippen LogP contribution in [0.1, 0.15) is 25.0 Å². The van der Waals surface area contributed by atoms with Crippen molar-refractivity contribution in [3.8, 4) is 5.75 Å². The standard InChI is InChI=1S/C21H17ClN4O3/c1-3-26-16-7-5-4-6-14(16)19(27)17(21(26)29)11(2)24-25-18-13-9-8-12(22)10-15(13)23-20(18)28/h4-10,27H,3H2,1-2H3,(H,23,25,28)/b24-11+. The van der Waals surface area contributed by atoms with Gasteiger partial charge in [-0.2, -0.15) is 5.10 Å². The summed E-state index contributed by atoms with van der Waals surface area (Å²) in [6.07, 6.45) is 0. The smallest absolute Gasteiger partial charge is 0.276 e. The number of carbonyl (C=O) groups excluding carboxylic acids is 1. The molecule has 1 aliphatic rings. The van der Waals surface area contributed by atoms with E-state index >= 15 is 0 Å². The summed E-state index contributed by atoms with van der Waals surface area (Å²) >= 11 is 5.95. The number of fused-ring (bicyclic) bond motifs is 2. The third-order valence-corrected chi connectivity index (χ3v) is 5.06. The molecular weight excluding hydrogens is 392 g/mol. The molecule has 2 aromatic carbocycles. The van der Waals surface area contributed by atoms with Gasteiger partial charge in [0.25, 0.3) is 11.5 Å². The summed E-state index contributed by atoms with van der Waals surface area (Å²) in [7, 11) is 0. The van der Waals surface area contributed by atoms with Crippen LogP contribution in [0.5, 0.6) is 5.75 Å². The predicted octanol–water partition coefficient (Wildman–Crippen LogP) is 3.55. The molecule has 2 N–H and O–H groups in total. The number of amides is 1. The van der Waals surface area contributed by atoms with Crippen LogP contribution < -0.4 is 10.9 Å². The van der Waals surface area contributed by atoms with Gasteiger partial charge < -0.3 is 15.0 Å². The summed E-state index contributed by atoms with van der Waals surface area (Å²) in [5, 5.41) is 22.6. The molecule has 0 aliphatic carbocycles. The Morgan fingerprint density at radius 3 is 2.72 bits per heavy atom. The number of benzene rings is 2. The molecular formula is C21H17ClN4O3. The van der Waals surface area contributed by atoms with Gasteiger partial charge in [-0.1, -0.05) is 23.7 Å². The van der Waals surface area contributed by atoms with Crippen molar-refractivity contribution in [2.75, 3.05) is 5.32 Å². The molecule has 3 aromatic rings. The highest BCUT2D eigenvalue weighted by Crippen LogP contribution is 2.28. The number of hydrogen-bond donors (Lipinski definition) is 2. The van der Waals surface area contributed by atoms with E-state index in [-0.39, 0.29) is 28.3 Å². The molecule has 2 heterocycles. The molecule has 7 nitrogen and oxygen atoms in total. The SMILES string of the molecule is CCn1c(=O)c(/C(C)=N/N=C2\C(=O)Nc3cc(Cl)ccc32)c(O)c2ccccc21. The first-order valence-corrected chi connectivity index (χ1v) is 9.38. The summed E-state index contributed by atoms with van der Waals surface area (Å²) in [6.45, 7) is 3.86. The van der Waals surface area contributed by atoms with E-state index in [9.17, 15) is 14.7 Å². The van der Waals surface area contributed by atoms with E-state index in [2.05, 4.69) is 15.5 Å². The van der Waals surface area contributed by atoms with E-state index in [1.165, 1.54) is 0 Å². The zero-order chi connectivity index (χ0) is 20.7. The molecule has 29 heavy (non-hydrogen) atoms. The van der Waals surface area contributed by atoms with E-state index in [0.29, 0.717) is 33.7 Å². The van der Waals surface area contributed by atoms with Crippen LogP contribution in [0.25, 0.3) is 10.9 Å². The zero-order valence-electron chi connectivity index (χ0n) is 15.7. The van der Waals surface area contributed by atoms with Gasteiger partial charge in [-0.25, -0.2) is 0 Å². The minimum atomic E-state index is -0.410. The first-order valence-electron chi connectivity index (χ1n) is 9.00. The summed E-state index contributed by atoms with van der Waals surface area (Å²) in [5.74, 6) is -0.563. The fourth-order valence-electron chi connectivity index (χ4n) is 3.43. The zero-order valence-corrected chi connectivity index (χ0v) is 16.5. The van der Waals surface area contributed by atoms with Gasteiger partial charge in [-0.15, -0.1) is 5.10 Å². The molecule has 0 unspecified atom stereocenters. The highest BCUT2D eigenvalue weighted by molar-refractivity contribution is 6.54. The van der Waals surface area contributed by atoms with Gasteiger partial charge in [-0.05, 0) is 44.2 Å². The fourth-order valence-corrected chi connectivity index (χ4v) is 3.61. The van der Waals surface area contributed by atoms with Gasteiger partial charge in [0.15, 0.2) is 5.71 Å². The van der Waals surface area contributed by atoms with Crippen molar-refractivity contribution < 1.29 is 9.90 Å². The van der Waals surface area contributed by atoms with E-state index < -0.39 is 5.91 Å². The van der Waals surface area contributed by atoms with E-state index in [0.717, 1.165) is 0 Å². The Labute approximate surface area is 171 Å². The Morgan fingerprint density at radius 2 is 1.97 bits per heavy atom. The minimum absolute atomic E-state index is 0.0598. The highest BCUT2D eigenvalue weighted by atomic mass is 35.5. The van der Waals surface area contributed by atoms with Crippen molar-refractivity contribution in [3.63, 3.8) is 0 Å². The number of halogens is 1. The number of aryl methyl sites for hydroxylation is 1. The van der Waals surface area contributed by atoms with Crippen LogP contribution in [0.4, 0.5) is 5.69 Å². The fraction of sp³-hybridized carbons (Fsp3) is 0.143. The number of hydrogen-bond acceptors (Lipinski definition) is 5. The Bertz CT molecular complexity index is 1290. The van der Waals surface area contributed by atoms with Crippen molar-refractivity contribution >= 4 is 45.5 Å². The second-order valence-corrected chi connectivity index (χ2v) is 7.00. The topological polar surface area (TPSA) is 96.0 Å². The van der Waals surface area contributed by atoms with Gasteiger partial charge >= 0.3 is 0 Å². The Hall–Kier alpha value is -3.45. The molecule has 0 saturated carbocycles. The number of carbonyl (C=O) groups is 1. The Balaban J connectivity index is 1.86. The minimum Gasteiger partial charge on any atom is -0.506 e. The van der Waals surface area contributed by atoms with Crippen molar-refractivity contribution in [3.05, 3.63) is 69.0 Å². The number of pyridine rings is 1. The first-order chi connectivity index (χ1) is 13.9. The molecule has 0 spiro atoms. The summed E-state index contributed by atoms with van der Waals surface area (Å²) < 4.78 is 1.57.